The van der Waals surface area contributed by atoms with Crippen molar-refractivity contribution < 1.29 is 4.79 Å². The topological polar surface area (TPSA) is 46.1 Å². The van der Waals surface area contributed by atoms with Crippen molar-refractivity contribution in [1.82, 2.24) is 14.9 Å². The lowest BCUT2D eigenvalue weighted by Gasteiger charge is -2.19. The molecule has 0 saturated carbocycles. The predicted molar refractivity (Wildman–Crippen MR) is 101 cm³/mol. The highest BCUT2D eigenvalue weighted by Crippen LogP contribution is 2.26. The van der Waals surface area contributed by atoms with Crippen molar-refractivity contribution in [2.45, 2.75) is 25.7 Å². The lowest BCUT2D eigenvalue weighted by atomic mass is 9.91. The van der Waals surface area contributed by atoms with Gasteiger partial charge in [0.05, 0.1) is 11.0 Å². The molecular formula is C20H21N3OS. The zero-order valence-corrected chi connectivity index (χ0v) is 14.9. The maximum atomic E-state index is 12.5. The molecule has 0 bridgehead atoms. The van der Waals surface area contributed by atoms with E-state index in [9.17, 15) is 4.79 Å². The average molecular weight is 351 g/mol. The van der Waals surface area contributed by atoms with Crippen molar-refractivity contribution in [3.05, 3.63) is 58.7 Å². The first-order valence-electron chi connectivity index (χ1n) is 8.81. The normalized spacial score (nSPS) is 18.2. The summed E-state index contributed by atoms with van der Waals surface area (Å²) >= 11 is 1.48. The quantitative estimate of drug-likeness (QED) is 0.711. The average Bonchev–Trinajstić information content (AvgIpc) is 3.09. The van der Waals surface area contributed by atoms with Crippen LogP contribution in [-0.4, -0.2) is 33.9 Å². The summed E-state index contributed by atoms with van der Waals surface area (Å²) in [5.74, 6) is 0.690. The third kappa shape index (κ3) is 3.56. The minimum atomic E-state index is 0.0799. The lowest BCUT2D eigenvalue weighted by Crippen LogP contribution is -2.32. The Morgan fingerprint density at radius 1 is 1.16 bits per heavy atom. The fourth-order valence-corrected chi connectivity index (χ4v) is 4.23. The summed E-state index contributed by atoms with van der Waals surface area (Å²) in [6.07, 6.45) is 6.18. The van der Waals surface area contributed by atoms with Gasteiger partial charge in [-0.1, -0.05) is 18.2 Å². The molecule has 1 aliphatic heterocycles. The number of hydrogen-bond acceptors (Lipinski definition) is 4. The van der Waals surface area contributed by atoms with Gasteiger partial charge in [0.1, 0.15) is 5.69 Å². The molecule has 1 aromatic carbocycles. The van der Waals surface area contributed by atoms with Crippen LogP contribution in [0, 0.1) is 5.92 Å². The summed E-state index contributed by atoms with van der Waals surface area (Å²) in [6.45, 7) is 1.66. The number of fused-ring (bicyclic) bond motifs is 1. The molecule has 1 aliphatic rings. The minimum Gasteiger partial charge on any atom is -0.337 e. The van der Waals surface area contributed by atoms with E-state index in [4.69, 9.17) is 0 Å². The zero-order chi connectivity index (χ0) is 17.1. The van der Waals surface area contributed by atoms with Gasteiger partial charge < -0.3 is 4.90 Å². The molecule has 1 saturated heterocycles. The van der Waals surface area contributed by atoms with Crippen LogP contribution in [0.15, 0.2) is 47.4 Å². The summed E-state index contributed by atoms with van der Waals surface area (Å²) in [4.78, 5) is 23.1. The number of carbonyl (C=O) groups excluding carboxylic acids is 1. The number of likely N-dealkylation sites (tertiary alicyclic amines) is 1. The molecule has 3 heterocycles. The minimum absolute atomic E-state index is 0.0799. The van der Waals surface area contributed by atoms with Gasteiger partial charge in [0.2, 0.25) is 0 Å². The van der Waals surface area contributed by atoms with Crippen LogP contribution in [0.4, 0.5) is 0 Å². The third-order valence-electron chi connectivity index (χ3n) is 5.03. The molecule has 0 spiro atoms. The largest absolute Gasteiger partial charge is 0.337 e. The first-order chi connectivity index (χ1) is 12.3. The molecule has 1 unspecified atom stereocenters. The van der Waals surface area contributed by atoms with Crippen LogP contribution in [0.3, 0.4) is 0 Å². The Balaban J connectivity index is 1.45. The van der Waals surface area contributed by atoms with E-state index in [1.807, 2.05) is 22.5 Å². The number of carbonyl (C=O) groups is 1. The number of nitrogens with zero attached hydrogens (tertiary/aromatic N) is 3. The molecule has 1 fully saturated rings. The second-order valence-corrected chi connectivity index (χ2v) is 7.37. The summed E-state index contributed by atoms with van der Waals surface area (Å²) in [5, 5.41) is 3.10. The molecule has 128 valence electrons. The van der Waals surface area contributed by atoms with E-state index in [2.05, 4.69) is 34.2 Å². The molecule has 1 atom stereocenters. The van der Waals surface area contributed by atoms with E-state index in [0.29, 0.717) is 11.6 Å². The van der Waals surface area contributed by atoms with Crippen molar-refractivity contribution in [1.29, 1.82) is 0 Å². The Morgan fingerprint density at radius 2 is 2.12 bits per heavy atom. The summed E-state index contributed by atoms with van der Waals surface area (Å²) in [7, 11) is 0. The van der Waals surface area contributed by atoms with Crippen LogP contribution in [0.1, 0.15) is 35.3 Å². The van der Waals surface area contributed by atoms with Crippen molar-refractivity contribution in [2.24, 2.45) is 5.92 Å². The number of hydrogen-bond donors (Lipinski definition) is 0. The van der Waals surface area contributed by atoms with Gasteiger partial charge in [-0.05, 0) is 49.3 Å². The SMILES string of the molecule is O=C(c1cscn1)N1CCCC(Cc2cccc3ncccc23)CC1. The van der Waals surface area contributed by atoms with E-state index < -0.39 is 0 Å². The number of aromatic nitrogens is 2. The van der Waals surface area contributed by atoms with Gasteiger partial charge in [0.25, 0.3) is 5.91 Å². The highest BCUT2D eigenvalue weighted by atomic mass is 32.1. The number of benzene rings is 1. The number of amides is 1. The molecule has 25 heavy (non-hydrogen) atoms. The van der Waals surface area contributed by atoms with Gasteiger partial charge in [0.15, 0.2) is 0 Å². The molecule has 0 N–H and O–H groups in total. The fraction of sp³-hybridized carbons (Fsp3) is 0.350. The van der Waals surface area contributed by atoms with Gasteiger partial charge >= 0.3 is 0 Å². The molecule has 4 rings (SSSR count). The Bertz CT molecular complexity index is 857. The van der Waals surface area contributed by atoms with Crippen molar-refractivity contribution >= 4 is 28.1 Å². The van der Waals surface area contributed by atoms with Crippen molar-refractivity contribution in [3.63, 3.8) is 0 Å². The highest BCUT2D eigenvalue weighted by molar-refractivity contribution is 7.07. The Hall–Kier alpha value is -2.27. The lowest BCUT2D eigenvalue weighted by molar-refractivity contribution is 0.0755. The van der Waals surface area contributed by atoms with E-state index in [1.165, 1.54) is 22.3 Å². The van der Waals surface area contributed by atoms with Crippen LogP contribution in [0.5, 0.6) is 0 Å². The monoisotopic (exact) mass is 351 g/mol. The van der Waals surface area contributed by atoms with Crippen LogP contribution in [-0.2, 0) is 6.42 Å². The van der Waals surface area contributed by atoms with E-state index >= 15 is 0 Å². The second-order valence-electron chi connectivity index (χ2n) is 6.65. The fourth-order valence-electron chi connectivity index (χ4n) is 3.71. The maximum absolute atomic E-state index is 12.5. The second kappa shape index (κ2) is 7.31. The van der Waals surface area contributed by atoms with E-state index in [1.54, 1.807) is 5.51 Å². The Kier molecular flexibility index (Phi) is 4.74. The molecule has 5 heteroatoms. The van der Waals surface area contributed by atoms with E-state index in [-0.39, 0.29) is 5.91 Å². The van der Waals surface area contributed by atoms with E-state index in [0.717, 1.165) is 44.3 Å². The number of rotatable bonds is 3. The Morgan fingerprint density at radius 3 is 3.00 bits per heavy atom. The summed E-state index contributed by atoms with van der Waals surface area (Å²) in [6, 6.07) is 10.5. The maximum Gasteiger partial charge on any atom is 0.273 e. The summed E-state index contributed by atoms with van der Waals surface area (Å²) < 4.78 is 0. The van der Waals surface area contributed by atoms with Crippen LogP contribution in [0.2, 0.25) is 0 Å². The van der Waals surface area contributed by atoms with Crippen LogP contribution in [0.25, 0.3) is 10.9 Å². The Labute approximate surface area is 151 Å². The van der Waals surface area contributed by atoms with Crippen molar-refractivity contribution in [3.8, 4) is 0 Å². The molecule has 3 aromatic rings. The van der Waals surface area contributed by atoms with Gasteiger partial charge in [-0.25, -0.2) is 4.98 Å². The van der Waals surface area contributed by atoms with Gasteiger partial charge in [-0.3, -0.25) is 9.78 Å². The smallest absolute Gasteiger partial charge is 0.273 e. The predicted octanol–water partition coefficient (Wildman–Crippen LogP) is 4.18. The summed E-state index contributed by atoms with van der Waals surface area (Å²) in [5.41, 5.74) is 4.75. The first kappa shape index (κ1) is 16.2. The van der Waals surface area contributed by atoms with Gasteiger partial charge in [0, 0.05) is 30.1 Å². The number of thiazole rings is 1. The first-order valence-corrected chi connectivity index (χ1v) is 9.75. The molecule has 0 aliphatic carbocycles. The molecular weight excluding hydrogens is 330 g/mol. The zero-order valence-electron chi connectivity index (χ0n) is 14.1. The van der Waals surface area contributed by atoms with Crippen molar-refractivity contribution in [2.75, 3.05) is 13.1 Å². The molecule has 2 aromatic heterocycles. The highest BCUT2D eigenvalue weighted by Gasteiger charge is 2.23. The third-order valence-corrected chi connectivity index (χ3v) is 5.62. The number of pyridine rings is 1. The van der Waals surface area contributed by atoms with Gasteiger partial charge in [-0.15, -0.1) is 11.3 Å². The van der Waals surface area contributed by atoms with Crippen LogP contribution < -0.4 is 0 Å². The molecule has 4 nitrogen and oxygen atoms in total. The molecule has 0 radical (unpaired) electrons. The van der Waals surface area contributed by atoms with Crippen LogP contribution >= 0.6 is 11.3 Å². The molecule has 1 amide bonds. The standard InChI is InChI=1S/C20H21N3OS/c24-20(19-13-25-14-22-19)23-10-3-4-15(8-11-23)12-16-5-1-7-18-17(16)6-2-9-21-18/h1-2,5-7,9,13-15H,3-4,8,10-12H2. The van der Waals surface area contributed by atoms with Gasteiger partial charge in [-0.2, -0.15) is 0 Å².